The van der Waals surface area contributed by atoms with Crippen molar-refractivity contribution < 1.29 is 5.11 Å². The molecule has 0 bridgehead atoms. The fourth-order valence-electron chi connectivity index (χ4n) is 1.69. The van der Waals surface area contributed by atoms with Crippen LogP contribution in [0.1, 0.15) is 30.9 Å². The van der Waals surface area contributed by atoms with E-state index in [9.17, 15) is 5.11 Å². The molecule has 1 unspecified atom stereocenters. The molecule has 0 aliphatic rings. The van der Waals surface area contributed by atoms with Gasteiger partial charge in [-0.25, -0.2) is 4.98 Å². The normalized spacial score (nSPS) is 15.2. The molecule has 2 atom stereocenters. The fraction of sp³-hybridized carbons (Fsp3) is 0.417. The summed E-state index contributed by atoms with van der Waals surface area (Å²) in [5.41, 5.74) is 6.83. The summed E-state index contributed by atoms with van der Waals surface area (Å²) in [6, 6.07) is 7.67. The second-order valence-electron chi connectivity index (χ2n) is 3.92. The Morgan fingerprint density at radius 2 is 2.19 bits per heavy atom. The molecule has 0 saturated heterocycles. The van der Waals surface area contributed by atoms with Crippen molar-refractivity contribution in [2.45, 2.75) is 31.9 Å². The number of para-hydroxylation sites is 1. The van der Waals surface area contributed by atoms with Gasteiger partial charge >= 0.3 is 0 Å². The van der Waals surface area contributed by atoms with E-state index in [1.165, 1.54) is 11.3 Å². The summed E-state index contributed by atoms with van der Waals surface area (Å²) in [5, 5.41) is 10.8. The van der Waals surface area contributed by atoms with Crippen LogP contribution in [0, 0.1) is 0 Å². The molecular weight excluding hydrogens is 220 g/mol. The highest BCUT2D eigenvalue weighted by Gasteiger charge is 2.19. The lowest BCUT2D eigenvalue weighted by molar-refractivity contribution is 0.141. The van der Waals surface area contributed by atoms with E-state index in [2.05, 4.69) is 11.9 Å². The summed E-state index contributed by atoms with van der Waals surface area (Å²) in [5.74, 6) is 0. The van der Waals surface area contributed by atoms with Crippen LogP contribution in [0.5, 0.6) is 0 Å². The summed E-state index contributed by atoms with van der Waals surface area (Å²) in [6.07, 6.45) is 1.15. The summed E-state index contributed by atoms with van der Waals surface area (Å²) < 4.78 is 1.10. The molecule has 1 heterocycles. The number of fused-ring (bicyclic) bond motifs is 1. The Morgan fingerprint density at radius 3 is 2.88 bits per heavy atom. The zero-order valence-corrected chi connectivity index (χ0v) is 10.1. The molecule has 0 aliphatic carbocycles. The summed E-state index contributed by atoms with van der Waals surface area (Å²) >= 11 is 1.52. The first-order valence-corrected chi connectivity index (χ1v) is 6.33. The average molecular weight is 236 g/mol. The maximum absolute atomic E-state index is 10.0. The quantitative estimate of drug-likeness (QED) is 0.857. The van der Waals surface area contributed by atoms with E-state index < -0.39 is 6.10 Å². The molecule has 86 valence electrons. The van der Waals surface area contributed by atoms with Crippen LogP contribution in [0.15, 0.2) is 24.3 Å². The van der Waals surface area contributed by atoms with Gasteiger partial charge in [-0.15, -0.1) is 11.3 Å². The fourth-order valence-corrected chi connectivity index (χ4v) is 2.72. The van der Waals surface area contributed by atoms with Crippen molar-refractivity contribution in [3.8, 4) is 0 Å². The minimum Gasteiger partial charge on any atom is -0.384 e. The smallest absolute Gasteiger partial charge is 0.124 e. The summed E-state index contributed by atoms with van der Waals surface area (Å²) in [7, 11) is 0. The standard InChI is InChI=1S/C12H16N2OS/c1-2-5-8(13)11(15)12-14-9-6-3-4-7-10(9)16-12/h3-4,6-8,11,15H,2,5,13H2,1H3/t8?,11-/m0/s1. The molecule has 16 heavy (non-hydrogen) atoms. The van der Waals surface area contributed by atoms with Crippen LogP contribution in [-0.2, 0) is 0 Å². The van der Waals surface area contributed by atoms with Crippen molar-refractivity contribution in [2.75, 3.05) is 0 Å². The van der Waals surface area contributed by atoms with Gasteiger partial charge in [0.25, 0.3) is 0 Å². The molecule has 0 saturated carbocycles. The van der Waals surface area contributed by atoms with Crippen molar-refractivity contribution in [1.29, 1.82) is 0 Å². The zero-order valence-electron chi connectivity index (χ0n) is 9.26. The molecule has 3 N–H and O–H groups in total. The maximum atomic E-state index is 10.0. The van der Waals surface area contributed by atoms with Crippen molar-refractivity contribution >= 4 is 21.6 Å². The molecule has 0 radical (unpaired) electrons. The third-order valence-electron chi connectivity index (χ3n) is 2.59. The van der Waals surface area contributed by atoms with Gasteiger partial charge in [0, 0.05) is 6.04 Å². The molecule has 1 aromatic heterocycles. The van der Waals surface area contributed by atoms with E-state index >= 15 is 0 Å². The van der Waals surface area contributed by atoms with Gasteiger partial charge in [0.15, 0.2) is 0 Å². The van der Waals surface area contributed by atoms with Crippen LogP contribution in [-0.4, -0.2) is 16.1 Å². The largest absolute Gasteiger partial charge is 0.384 e. The lowest BCUT2D eigenvalue weighted by atomic mass is 10.1. The first-order valence-electron chi connectivity index (χ1n) is 5.51. The molecule has 1 aromatic carbocycles. The Kier molecular flexibility index (Phi) is 3.53. The molecule has 0 spiro atoms. The van der Waals surface area contributed by atoms with Gasteiger partial charge in [-0.2, -0.15) is 0 Å². The van der Waals surface area contributed by atoms with Crippen molar-refractivity contribution in [3.63, 3.8) is 0 Å². The SMILES string of the molecule is CCCC(N)[C@H](O)c1nc2ccccc2s1. The Hall–Kier alpha value is -0.970. The molecule has 0 fully saturated rings. The van der Waals surface area contributed by atoms with Crippen molar-refractivity contribution in [1.82, 2.24) is 4.98 Å². The lowest BCUT2D eigenvalue weighted by Gasteiger charge is -2.15. The molecular formula is C12H16N2OS. The predicted octanol–water partition coefficient (Wildman–Crippen LogP) is 2.46. The highest BCUT2D eigenvalue weighted by Crippen LogP contribution is 2.28. The van der Waals surface area contributed by atoms with E-state index in [0.717, 1.165) is 28.1 Å². The Bertz CT molecular complexity index is 436. The van der Waals surface area contributed by atoms with Gasteiger partial charge in [-0.1, -0.05) is 25.5 Å². The molecule has 3 nitrogen and oxygen atoms in total. The molecule has 4 heteroatoms. The van der Waals surface area contributed by atoms with Crippen LogP contribution < -0.4 is 5.73 Å². The zero-order chi connectivity index (χ0) is 11.5. The summed E-state index contributed by atoms with van der Waals surface area (Å²) in [6.45, 7) is 2.06. The van der Waals surface area contributed by atoms with E-state index in [0.29, 0.717) is 0 Å². The van der Waals surface area contributed by atoms with Gasteiger partial charge in [-0.05, 0) is 18.6 Å². The molecule has 0 aliphatic heterocycles. The molecule has 0 amide bonds. The van der Waals surface area contributed by atoms with E-state index in [4.69, 9.17) is 5.73 Å². The third-order valence-corrected chi connectivity index (χ3v) is 3.70. The van der Waals surface area contributed by atoms with Crippen LogP contribution in [0.2, 0.25) is 0 Å². The van der Waals surface area contributed by atoms with Gasteiger partial charge in [0.2, 0.25) is 0 Å². The number of aliphatic hydroxyl groups is 1. The average Bonchev–Trinajstić information content (AvgIpc) is 2.71. The predicted molar refractivity (Wildman–Crippen MR) is 67.5 cm³/mol. The van der Waals surface area contributed by atoms with Crippen LogP contribution in [0.4, 0.5) is 0 Å². The number of nitrogens with two attached hydrogens (primary N) is 1. The van der Waals surface area contributed by atoms with Crippen LogP contribution >= 0.6 is 11.3 Å². The number of hydrogen-bond acceptors (Lipinski definition) is 4. The Labute approximate surface area is 98.9 Å². The highest BCUT2D eigenvalue weighted by molar-refractivity contribution is 7.18. The van der Waals surface area contributed by atoms with Gasteiger partial charge in [0.1, 0.15) is 11.1 Å². The number of aromatic nitrogens is 1. The third kappa shape index (κ3) is 2.24. The van der Waals surface area contributed by atoms with E-state index in [1.54, 1.807) is 0 Å². The monoisotopic (exact) mass is 236 g/mol. The van der Waals surface area contributed by atoms with Gasteiger partial charge < -0.3 is 10.8 Å². The summed E-state index contributed by atoms with van der Waals surface area (Å²) in [4.78, 5) is 4.40. The Balaban J connectivity index is 2.26. The van der Waals surface area contributed by atoms with Crippen molar-refractivity contribution in [3.05, 3.63) is 29.3 Å². The first kappa shape index (κ1) is 11.5. The van der Waals surface area contributed by atoms with Crippen molar-refractivity contribution in [2.24, 2.45) is 5.73 Å². The Morgan fingerprint density at radius 1 is 1.44 bits per heavy atom. The minimum atomic E-state index is -0.641. The molecule has 2 rings (SSSR count). The number of aliphatic hydroxyl groups excluding tert-OH is 1. The minimum absolute atomic E-state index is 0.217. The maximum Gasteiger partial charge on any atom is 0.124 e. The van der Waals surface area contributed by atoms with Gasteiger partial charge in [0.05, 0.1) is 10.2 Å². The number of thiazole rings is 1. The number of nitrogens with zero attached hydrogens (tertiary/aromatic N) is 1. The lowest BCUT2D eigenvalue weighted by Crippen LogP contribution is -2.27. The number of benzene rings is 1. The second kappa shape index (κ2) is 4.91. The number of rotatable bonds is 4. The second-order valence-corrected chi connectivity index (χ2v) is 4.98. The topological polar surface area (TPSA) is 59.1 Å². The first-order chi connectivity index (χ1) is 7.72. The van der Waals surface area contributed by atoms with E-state index in [1.807, 2.05) is 24.3 Å². The van der Waals surface area contributed by atoms with Gasteiger partial charge in [-0.3, -0.25) is 0 Å². The van der Waals surface area contributed by atoms with Crippen LogP contribution in [0.25, 0.3) is 10.2 Å². The van der Waals surface area contributed by atoms with Crippen LogP contribution in [0.3, 0.4) is 0 Å². The number of hydrogen-bond donors (Lipinski definition) is 2. The van der Waals surface area contributed by atoms with E-state index in [-0.39, 0.29) is 6.04 Å². The highest BCUT2D eigenvalue weighted by atomic mass is 32.1. The molecule has 2 aromatic rings.